The van der Waals surface area contributed by atoms with E-state index in [0.717, 1.165) is 0 Å². The lowest BCUT2D eigenvalue weighted by molar-refractivity contribution is 0.246. The van der Waals surface area contributed by atoms with Crippen LogP contribution in [0.2, 0.25) is 0 Å². The van der Waals surface area contributed by atoms with Crippen LogP contribution in [-0.2, 0) is 13.6 Å². The molecule has 0 amide bonds. The predicted molar refractivity (Wildman–Crippen MR) is 55.7 cm³/mol. The molecule has 0 saturated heterocycles. The van der Waals surface area contributed by atoms with Gasteiger partial charge in [-0.1, -0.05) is 0 Å². The van der Waals surface area contributed by atoms with Crippen molar-refractivity contribution >= 4 is 11.2 Å². The Balaban J connectivity index is 2.49. The summed E-state index contributed by atoms with van der Waals surface area (Å²) in [6.45, 7) is 2.48. The number of rotatable bonds is 0. The molecular formula is C9H10N4O3. The van der Waals surface area contributed by atoms with Crippen LogP contribution in [0.15, 0.2) is 9.59 Å². The Labute approximate surface area is 89.3 Å². The molecule has 3 rings (SSSR count). The molecule has 2 aromatic rings. The minimum absolute atomic E-state index is 0.00327. The van der Waals surface area contributed by atoms with Crippen LogP contribution in [0.1, 0.15) is 6.92 Å². The van der Waals surface area contributed by atoms with Gasteiger partial charge in [0.05, 0.1) is 6.54 Å². The second-order valence-corrected chi connectivity index (χ2v) is 3.92. The lowest BCUT2D eigenvalue weighted by Gasteiger charge is -2.01. The Morgan fingerprint density at radius 3 is 3.00 bits per heavy atom. The zero-order chi connectivity index (χ0) is 11.4. The number of imidazole rings is 1. The molecule has 0 spiro atoms. The summed E-state index contributed by atoms with van der Waals surface area (Å²) < 4.78 is 8.42. The van der Waals surface area contributed by atoms with Crippen molar-refractivity contribution in [2.75, 3.05) is 0 Å². The predicted octanol–water partition coefficient (Wildman–Crippen LogP) is -0.796. The van der Waals surface area contributed by atoms with Crippen molar-refractivity contribution in [2.45, 2.75) is 19.6 Å². The summed E-state index contributed by atoms with van der Waals surface area (Å²) in [4.78, 5) is 29.5. The summed E-state index contributed by atoms with van der Waals surface area (Å²) in [5.74, 6) is 0. The van der Waals surface area contributed by atoms with E-state index in [0.29, 0.717) is 23.7 Å². The number of hydrogen-bond donors (Lipinski definition) is 1. The van der Waals surface area contributed by atoms with Gasteiger partial charge in [-0.25, -0.2) is 4.79 Å². The molecule has 1 N–H and O–H groups in total. The summed E-state index contributed by atoms with van der Waals surface area (Å²) in [7, 11) is 1.56. The first-order chi connectivity index (χ1) is 7.58. The third-order valence-electron chi connectivity index (χ3n) is 2.72. The molecule has 84 valence electrons. The van der Waals surface area contributed by atoms with E-state index < -0.39 is 11.2 Å². The van der Waals surface area contributed by atoms with Crippen LogP contribution in [0.25, 0.3) is 11.2 Å². The quantitative estimate of drug-likeness (QED) is 0.633. The van der Waals surface area contributed by atoms with E-state index in [2.05, 4.69) is 9.97 Å². The molecule has 0 saturated carbocycles. The summed E-state index contributed by atoms with van der Waals surface area (Å²) in [5.41, 5.74) is -0.144. The van der Waals surface area contributed by atoms with E-state index in [4.69, 9.17) is 4.74 Å². The summed E-state index contributed by atoms with van der Waals surface area (Å²) in [5, 5.41) is 0. The van der Waals surface area contributed by atoms with Crippen molar-refractivity contribution in [1.29, 1.82) is 0 Å². The van der Waals surface area contributed by atoms with E-state index in [9.17, 15) is 9.59 Å². The van der Waals surface area contributed by atoms with Gasteiger partial charge in [-0.2, -0.15) is 4.98 Å². The van der Waals surface area contributed by atoms with Gasteiger partial charge in [-0.15, -0.1) is 0 Å². The van der Waals surface area contributed by atoms with Crippen molar-refractivity contribution in [2.24, 2.45) is 7.05 Å². The molecule has 0 fully saturated rings. The van der Waals surface area contributed by atoms with Gasteiger partial charge in [0.15, 0.2) is 11.2 Å². The van der Waals surface area contributed by atoms with Crippen molar-refractivity contribution < 1.29 is 4.74 Å². The maximum atomic E-state index is 11.7. The number of H-pyrrole nitrogens is 1. The maximum Gasteiger partial charge on any atom is 0.329 e. The van der Waals surface area contributed by atoms with E-state index in [1.807, 2.05) is 6.92 Å². The number of ether oxygens (including phenoxy) is 1. The Morgan fingerprint density at radius 2 is 2.25 bits per heavy atom. The Morgan fingerprint density at radius 1 is 1.50 bits per heavy atom. The van der Waals surface area contributed by atoms with Gasteiger partial charge >= 0.3 is 5.69 Å². The van der Waals surface area contributed by atoms with Gasteiger partial charge in [0, 0.05) is 7.05 Å². The lowest BCUT2D eigenvalue weighted by Crippen LogP contribution is -2.29. The minimum Gasteiger partial charge on any atom is -0.460 e. The third-order valence-corrected chi connectivity index (χ3v) is 2.72. The van der Waals surface area contributed by atoms with E-state index in [1.54, 1.807) is 11.6 Å². The fraction of sp³-hybridized carbons (Fsp3) is 0.444. The van der Waals surface area contributed by atoms with Crippen LogP contribution in [0.3, 0.4) is 0 Å². The summed E-state index contributed by atoms with van der Waals surface area (Å²) in [6, 6.07) is 0.397. The fourth-order valence-electron chi connectivity index (χ4n) is 1.95. The molecule has 0 radical (unpaired) electrons. The fourth-order valence-corrected chi connectivity index (χ4v) is 1.95. The Kier molecular flexibility index (Phi) is 1.58. The van der Waals surface area contributed by atoms with Crippen LogP contribution < -0.4 is 16.0 Å². The number of fused-ring (bicyclic) bond motifs is 3. The van der Waals surface area contributed by atoms with Gasteiger partial charge in [0.25, 0.3) is 11.6 Å². The average molecular weight is 222 g/mol. The Hall–Kier alpha value is -2.05. The van der Waals surface area contributed by atoms with Gasteiger partial charge in [-0.3, -0.25) is 18.9 Å². The number of aromatic amines is 1. The second kappa shape index (κ2) is 2.75. The van der Waals surface area contributed by atoms with Gasteiger partial charge in [-0.05, 0) is 6.92 Å². The molecular weight excluding hydrogens is 212 g/mol. The maximum absolute atomic E-state index is 11.7. The zero-order valence-corrected chi connectivity index (χ0v) is 8.85. The van der Waals surface area contributed by atoms with Crippen LogP contribution in [0.4, 0.5) is 0 Å². The van der Waals surface area contributed by atoms with Crippen molar-refractivity contribution in [3.05, 3.63) is 20.8 Å². The molecule has 16 heavy (non-hydrogen) atoms. The van der Waals surface area contributed by atoms with Crippen LogP contribution in [-0.4, -0.2) is 25.2 Å². The highest BCUT2D eigenvalue weighted by atomic mass is 16.5. The smallest absolute Gasteiger partial charge is 0.329 e. The van der Waals surface area contributed by atoms with Gasteiger partial charge in [0.2, 0.25) is 0 Å². The molecule has 7 heteroatoms. The van der Waals surface area contributed by atoms with Crippen molar-refractivity contribution in [1.82, 2.24) is 19.1 Å². The van der Waals surface area contributed by atoms with Crippen molar-refractivity contribution in [3.63, 3.8) is 0 Å². The van der Waals surface area contributed by atoms with E-state index >= 15 is 0 Å². The monoisotopic (exact) mass is 222 g/mol. The molecule has 3 heterocycles. The number of hydrogen-bond acceptors (Lipinski definition) is 4. The van der Waals surface area contributed by atoms with Crippen molar-refractivity contribution in [3.8, 4) is 6.01 Å². The van der Waals surface area contributed by atoms with E-state index in [-0.39, 0.29) is 6.10 Å². The highest BCUT2D eigenvalue weighted by Crippen LogP contribution is 2.24. The molecule has 0 bridgehead atoms. The molecule has 1 aliphatic heterocycles. The minimum atomic E-state index is -0.470. The molecule has 2 aromatic heterocycles. The topological polar surface area (TPSA) is 81.9 Å². The highest BCUT2D eigenvalue weighted by molar-refractivity contribution is 5.72. The van der Waals surface area contributed by atoms with Gasteiger partial charge in [0.1, 0.15) is 6.10 Å². The average Bonchev–Trinajstić information content (AvgIpc) is 2.69. The number of nitrogens with zero attached hydrogens (tertiary/aromatic N) is 3. The van der Waals surface area contributed by atoms with Crippen LogP contribution in [0, 0.1) is 0 Å². The molecule has 0 aliphatic carbocycles. The first kappa shape index (κ1) is 9.20. The molecule has 0 aromatic carbocycles. The Bertz CT molecular complexity index is 693. The third kappa shape index (κ3) is 0.995. The molecule has 1 aliphatic rings. The number of aryl methyl sites for hydroxylation is 1. The highest BCUT2D eigenvalue weighted by Gasteiger charge is 2.26. The zero-order valence-electron chi connectivity index (χ0n) is 8.85. The van der Waals surface area contributed by atoms with Crippen LogP contribution in [0.5, 0.6) is 6.01 Å². The number of aromatic nitrogens is 4. The summed E-state index contributed by atoms with van der Waals surface area (Å²) >= 11 is 0. The second-order valence-electron chi connectivity index (χ2n) is 3.92. The number of nitrogens with one attached hydrogen (secondary N) is 1. The van der Waals surface area contributed by atoms with Gasteiger partial charge < -0.3 is 4.74 Å². The SMILES string of the molecule is C[C@H]1Cn2c(nc3c2c(=O)[nH]c(=O)n3C)O1. The largest absolute Gasteiger partial charge is 0.460 e. The first-order valence-electron chi connectivity index (χ1n) is 4.94. The normalized spacial score (nSPS) is 18.8. The van der Waals surface area contributed by atoms with E-state index in [1.165, 1.54) is 4.57 Å². The van der Waals surface area contributed by atoms with Crippen LogP contribution >= 0.6 is 0 Å². The molecule has 1 atom stereocenters. The standard InChI is InChI=1S/C9H10N4O3/c1-4-3-13-5-6(10-9(13)16-4)12(2)8(15)11-7(5)14/h4H,3H2,1-2H3,(H,11,14,15)/t4-/m0/s1. The first-order valence-corrected chi connectivity index (χ1v) is 4.94. The lowest BCUT2D eigenvalue weighted by atomic mass is 10.4. The molecule has 7 nitrogen and oxygen atoms in total. The molecule has 0 unspecified atom stereocenters. The summed E-state index contributed by atoms with van der Waals surface area (Å²) in [6.07, 6.45) is 0.00327.